The quantitative estimate of drug-likeness (QED) is 0.233. The lowest BCUT2D eigenvalue weighted by Crippen LogP contribution is -1.95. The maximum Gasteiger partial charge on any atom is 0.125 e. The molecular formula is C4H6O6. The van der Waals surface area contributed by atoms with Gasteiger partial charge in [0, 0.05) is 20.2 Å². The molecule has 0 aliphatic heterocycles. The lowest BCUT2D eigenvalue weighted by molar-refractivity contribution is -0.746. The fourth-order valence-corrected chi connectivity index (χ4v) is 0.110. The summed E-state index contributed by atoms with van der Waals surface area (Å²) in [6.07, 6.45) is 1.94. The van der Waals surface area contributed by atoms with E-state index in [1.54, 1.807) is 0 Å². The molecule has 6 heteroatoms. The molecule has 0 aromatic rings. The highest BCUT2D eigenvalue weighted by atomic mass is 17.8. The molecule has 0 heterocycles. The zero-order chi connectivity index (χ0) is 7.66. The third kappa shape index (κ3) is 6.92. The maximum absolute atomic E-state index is 3.97. The summed E-state index contributed by atoms with van der Waals surface area (Å²) >= 11 is 0. The van der Waals surface area contributed by atoms with Gasteiger partial charge in [0.05, 0.1) is 0 Å². The molecule has 0 fully saturated rings. The Morgan fingerprint density at radius 1 is 0.700 bits per heavy atom. The fourth-order valence-electron chi connectivity index (χ4n) is 0.110. The summed E-state index contributed by atoms with van der Waals surface area (Å²) in [7, 11) is 0. The molecule has 0 unspecified atom stereocenters. The first kappa shape index (κ1) is 8.92. The number of rotatable bonds is 7. The van der Waals surface area contributed by atoms with Gasteiger partial charge in [-0.15, -0.1) is 0 Å². The second-order valence-electron chi connectivity index (χ2n) is 0.798. The lowest BCUT2D eigenvalue weighted by Gasteiger charge is -1.95. The molecule has 6 nitrogen and oxygen atoms in total. The van der Waals surface area contributed by atoms with E-state index in [4.69, 9.17) is 0 Å². The molecule has 0 aliphatic rings. The fraction of sp³-hybridized carbons (Fsp3) is 0. The van der Waals surface area contributed by atoms with Crippen molar-refractivity contribution in [2.75, 3.05) is 0 Å². The Balaban J connectivity index is 2.76. The lowest BCUT2D eigenvalue weighted by atomic mass is 11.2. The van der Waals surface area contributed by atoms with Crippen LogP contribution in [-0.2, 0) is 29.9 Å². The largest absolute Gasteiger partial charge is 0.315 e. The Morgan fingerprint density at radius 2 is 1.10 bits per heavy atom. The highest BCUT2D eigenvalue weighted by Gasteiger charge is 1.87. The molecule has 58 valence electrons. The second-order valence-corrected chi connectivity index (χ2v) is 0.798. The van der Waals surface area contributed by atoms with Crippen LogP contribution in [0, 0.1) is 0 Å². The van der Waals surface area contributed by atoms with Crippen LogP contribution in [0.25, 0.3) is 0 Å². The van der Waals surface area contributed by atoms with Crippen molar-refractivity contribution in [1.82, 2.24) is 0 Å². The normalized spacial score (nSPS) is 8.40. The van der Waals surface area contributed by atoms with Gasteiger partial charge < -0.3 is 9.78 Å². The second kappa shape index (κ2) is 7.92. The molecule has 0 aromatic carbocycles. The summed E-state index contributed by atoms with van der Waals surface area (Å²) < 4.78 is 0. The molecule has 0 bridgehead atoms. The van der Waals surface area contributed by atoms with Crippen LogP contribution < -0.4 is 0 Å². The third-order valence-electron chi connectivity index (χ3n) is 0.298. The summed E-state index contributed by atoms with van der Waals surface area (Å²) in [6, 6.07) is 0. The molecule has 10 heavy (non-hydrogen) atoms. The van der Waals surface area contributed by atoms with Crippen LogP contribution in [0.2, 0.25) is 0 Å². The highest BCUT2D eigenvalue weighted by Crippen LogP contribution is 1.86. The van der Waals surface area contributed by atoms with Gasteiger partial charge >= 0.3 is 0 Å². The summed E-state index contributed by atoms with van der Waals surface area (Å²) in [4.78, 5) is 7.94. The minimum absolute atomic E-state index is 0.970. The predicted molar refractivity (Wildman–Crippen MR) is 26.9 cm³/mol. The first-order valence-corrected chi connectivity index (χ1v) is 2.12. The van der Waals surface area contributed by atoms with Crippen LogP contribution >= 0.6 is 0 Å². The molecule has 0 aliphatic carbocycles. The van der Waals surface area contributed by atoms with Gasteiger partial charge in [-0.25, -0.2) is 0 Å². The molecule has 0 atom stereocenters. The van der Waals surface area contributed by atoms with Gasteiger partial charge in [0.1, 0.15) is 12.5 Å². The van der Waals surface area contributed by atoms with Crippen LogP contribution in [0.3, 0.4) is 0 Å². The van der Waals surface area contributed by atoms with Crippen molar-refractivity contribution < 1.29 is 29.9 Å². The van der Waals surface area contributed by atoms with E-state index in [1.165, 1.54) is 0 Å². The van der Waals surface area contributed by atoms with E-state index >= 15 is 0 Å². The Hall–Kier alpha value is -1.08. The first-order valence-electron chi connectivity index (χ1n) is 2.12. The van der Waals surface area contributed by atoms with Crippen LogP contribution in [0.5, 0.6) is 0 Å². The van der Waals surface area contributed by atoms with E-state index in [0.717, 1.165) is 12.5 Å². The standard InChI is InChI=1S/C4H6O6/c1-3-5-7-9-10-8-6-4-2/h3-4H,1-2H2. The van der Waals surface area contributed by atoms with Gasteiger partial charge in [0.25, 0.3) is 0 Å². The molecule has 0 radical (unpaired) electrons. The summed E-state index contributed by atoms with van der Waals surface area (Å²) in [5.74, 6) is 0. The van der Waals surface area contributed by atoms with E-state index in [2.05, 4.69) is 43.1 Å². The maximum atomic E-state index is 3.97. The SMILES string of the molecule is C=COOOOOOC=C. The minimum Gasteiger partial charge on any atom is -0.315 e. The topological polar surface area (TPSA) is 55.4 Å². The van der Waals surface area contributed by atoms with Crippen LogP contribution in [0.15, 0.2) is 25.7 Å². The summed E-state index contributed by atoms with van der Waals surface area (Å²) in [5.41, 5.74) is 0. The van der Waals surface area contributed by atoms with E-state index in [9.17, 15) is 0 Å². The average molecular weight is 150 g/mol. The summed E-state index contributed by atoms with van der Waals surface area (Å²) in [6.45, 7) is 6.25. The monoisotopic (exact) mass is 150 g/mol. The molecule has 0 rings (SSSR count). The zero-order valence-electron chi connectivity index (χ0n) is 5.02. The molecule has 0 saturated carbocycles. The van der Waals surface area contributed by atoms with Crippen molar-refractivity contribution in [3.05, 3.63) is 25.7 Å². The molecular weight excluding hydrogens is 144 g/mol. The number of hydrogen-bond donors (Lipinski definition) is 0. The Labute approximate surface area is 56.8 Å². The Morgan fingerprint density at radius 3 is 1.40 bits per heavy atom. The van der Waals surface area contributed by atoms with Crippen LogP contribution in [0.1, 0.15) is 0 Å². The van der Waals surface area contributed by atoms with Gasteiger partial charge in [0.15, 0.2) is 0 Å². The van der Waals surface area contributed by atoms with Gasteiger partial charge in [0.2, 0.25) is 0 Å². The summed E-state index contributed by atoms with van der Waals surface area (Å²) in [5, 5.41) is 14.9. The third-order valence-corrected chi connectivity index (χ3v) is 0.298. The van der Waals surface area contributed by atoms with Crippen molar-refractivity contribution >= 4 is 0 Å². The van der Waals surface area contributed by atoms with E-state index in [0.29, 0.717) is 0 Å². The van der Waals surface area contributed by atoms with Crippen molar-refractivity contribution in [3.8, 4) is 0 Å². The van der Waals surface area contributed by atoms with Crippen LogP contribution in [-0.4, -0.2) is 0 Å². The number of hydrogen-bond acceptors (Lipinski definition) is 6. The van der Waals surface area contributed by atoms with Gasteiger partial charge in [-0.1, -0.05) is 13.2 Å². The molecule has 0 saturated heterocycles. The zero-order valence-corrected chi connectivity index (χ0v) is 5.02. The van der Waals surface area contributed by atoms with Gasteiger partial charge in [-0.05, 0) is 0 Å². The smallest absolute Gasteiger partial charge is 0.125 e. The van der Waals surface area contributed by atoms with Crippen molar-refractivity contribution in [1.29, 1.82) is 0 Å². The van der Waals surface area contributed by atoms with E-state index in [-0.39, 0.29) is 0 Å². The Kier molecular flexibility index (Phi) is 7.06. The van der Waals surface area contributed by atoms with Gasteiger partial charge in [-0.3, -0.25) is 0 Å². The predicted octanol–water partition coefficient (Wildman–Crippen LogP) is 0.948. The molecule has 0 amide bonds. The average Bonchev–Trinajstić information content (AvgIpc) is 1.97. The highest BCUT2D eigenvalue weighted by molar-refractivity contribution is 4.41. The van der Waals surface area contributed by atoms with E-state index in [1.807, 2.05) is 0 Å². The van der Waals surface area contributed by atoms with Gasteiger partial charge in [-0.2, -0.15) is 0 Å². The van der Waals surface area contributed by atoms with E-state index < -0.39 is 0 Å². The van der Waals surface area contributed by atoms with Crippen molar-refractivity contribution in [3.63, 3.8) is 0 Å². The van der Waals surface area contributed by atoms with Crippen molar-refractivity contribution in [2.24, 2.45) is 0 Å². The Bertz CT molecular complexity index is 79.7. The first-order chi connectivity index (χ1) is 4.91. The molecule has 0 spiro atoms. The molecule has 0 N–H and O–H groups in total. The van der Waals surface area contributed by atoms with Crippen molar-refractivity contribution in [2.45, 2.75) is 0 Å². The minimum atomic E-state index is 0.970. The molecule has 0 aromatic heterocycles. The van der Waals surface area contributed by atoms with Crippen LogP contribution in [0.4, 0.5) is 0 Å².